The van der Waals surface area contributed by atoms with E-state index in [1.165, 1.54) is 13.8 Å². The van der Waals surface area contributed by atoms with Crippen LogP contribution in [0.3, 0.4) is 0 Å². The predicted molar refractivity (Wildman–Crippen MR) is 88.7 cm³/mol. The summed E-state index contributed by atoms with van der Waals surface area (Å²) in [6.07, 6.45) is 4.01. The van der Waals surface area contributed by atoms with Crippen LogP contribution in [-0.2, 0) is 19.1 Å². The van der Waals surface area contributed by atoms with Crippen LogP contribution in [-0.4, -0.2) is 24.1 Å². The fourth-order valence-corrected chi connectivity index (χ4v) is 4.99. The first-order valence-electron chi connectivity index (χ1n) is 8.98. The van der Waals surface area contributed by atoms with Gasteiger partial charge in [-0.2, -0.15) is 0 Å². The largest absolute Gasteiger partial charge is 0.462 e. The summed E-state index contributed by atoms with van der Waals surface area (Å²) in [7, 11) is 0. The monoisotopic (exact) mass is 324 g/mol. The molecule has 4 heteroatoms. The minimum Gasteiger partial charge on any atom is -0.462 e. The fourth-order valence-electron chi connectivity index (χ4n) is 4.99. The third-order valence-electron chi connectivity index (χ3n) is 6.19. The van der Waals surface area contributed by atoms with Gasteiger partial charge in [-0.15, -0.1) is 0 Å². The zero-order chi connectivity index (χ0) is 17.4. The molecule has 0 aliphatic heterocycles. The minimum absolute atomic E-state index is 0.0202. The smallest absolute Gasteiger partial charge is 0.302 e. The Morgan fingerprint density at radius 3 is 2.13 bits per heavy atom. The standard InChI is InChI=1S/C19H32O4/c1-11-7-8-15-12(2)16(22-13(3)20)9-10-19(5,6)17(15)18(11)23-14(4)21/h11-12,15-18H,7-10H2,1-6H3/t11-,12+,15-,16+,17+,18+/m0/s1. The topological polar surface area (TPSA) is 52.6 Å². The predicted octanol–water partition coefficient (Wildman–Crippen LogP) is 3.97. The molecule has 2 aliphatic rings. The first-order chi connectivity index (χ1) is 10.6. The van der Waals surface area contributed by atoms with Gasteiger partial charge in [-0.1, -0.05) is 27.7 Å². The Bertz CT molecular complexity index is 456. The Kier molecular flexibility index (Phi) is 5.42. The van der Waals surface area contributed by atoms with Gasteiger partial charge in [0.25, 0.3) is 0 Å². The van der Waals surface area contributed by atoms with Crippen molar-refractivity contribution >= 4 is 11.9 Å². The highest BCUT2D eigenvalue weighted by atomic mass is 16.5. The number of esters is 2. The van der Waals surface area contributed by atoms with Gasteiger partial charge in [0.05, 0.1) is 0 Å². The van der Waals surface area contributed by atoms with E-state index in [1.54, 1.807) is 0 Å². The molecule has 0 spiro atoms. The van der Waals surface area contributed by atoms with Gasteiger partial charge in [0.1, 0.15) is 12.2 Å². The lowest BCUT2D eigenvalue weighted by Gasteiger charge is -2.49. The minimum atomic E-state index is -0.196. The molecule has 23 heavy (non-hydrogen) atoms. The number of hydrogen-bond acceptors (Lipinski definition) is 4. The lowest BCUT2D eigenvalue weighted by atomic mass is 9.59. The number of hydrogen-bond donors (Lipinski definition) is 0. The van der Waals surface area contributed by atoms with Gasteiger partial charge in [-0.25, -0.2) is 0 Å². The number of carbonyl (C=O) groups is 2. The van der Waals surface area contributed by atoms with E-state index in [9.17, 15) is 9.59 Å². The van der Waals surface area contributed by atoms with Crippen LogP contribution in [0.5, 0.6) is 0 Å². The van der Waals surface area contributed by atoms with Crippen LogP contribution in [0.25, 0.3) is 0 Å². The highest BCUT2D eigenvalue weighted by Crippen LogP contribution is 2.53. The molecule has 2 fully saturated rings. The van der Waals surface area contributed by atoms with Crippen molar-refractivity contribution in [1.29, 1.82) is 0 Å². The van der Waals surface area contributed by atoms with Gasteiger partial charge < -0.3 is 9.47 Å². The summed E-state index contributed by atoms with van der Waals surface area (Å²) >= 11 is 0. The van der Waals surface area contributed by atoms with Crippen molar-refractivity contribution in [2.45, 2.75) is 79.4 Å². The number of fused-ring (bicyclic) bond motifs is 1. The molecular formula is C19H32O4. The maximum atomic E-state index is 11.6. The number of rotatable bonds is 2. The second-order valence-electron chi connectivity index (χ2n) is 8.35. The van der Waals surface area contributed by atoms with Crippen LogP contribution in [0.15, 0.2) is 0 Å². The van der Waals surface area contributed by atoms with Gasteiger partial charge in [0.15, 0.2) is 0 Å². The van der Waals surface area contributed by atoms with E-state index in [1.807, 2.05) is 0 Å². The molecule has 0 radical (unpaired) electrons. The van der Waals surface area contributed by atoms with Crippen LogP contribution in [0.2, 0.25) is 0 Å². The Morgan fingerprint density at radius 1 is 0.957 bits per heavy atom. The van der Waals surface area contributed by atoms with E-state index < -0.39 is 0 Å². The van der Waals surface area contributed by atoms with Crippen LogP contribution in [0.4, 0.5) is 0 Å². The summed E-state index contributed by atoms with van der Waals surface area (Å²) in [5.74, 6) is 1.06. The van der Waals surface area contributed by atoms with E-state index in [2.05, 4.69) is 27.7 Å². The van der Waals surface area contributed by atoms with Crippen LogP contribution in [0.1, 0.15) is 67.2 Å². The van der Waals surface area contributed by atoms with Crippen molar-refractivity contribution in [3.63, 3.8) is 0 Å². The summed E-state index contributed by atoms with van der Waals surface area (Å²) in [4.78, 5) is 23.1. The van der Waals surface area contributed by atoms with Crippen molar-refractivity contribution in [2.75, 3.05) is 0 Å². The molecule has 6 atom stereocenters. The van der Waals surface area contributed by atoms with Gasteiger partial charge >= 0.3 is 11.9 Å². The Labute approximate surface area is 140 Å². The van der Waals surface area contributed by atoms with Crippen molar-refractivity contribution < 1.29 is 19.1 Å². The van der Waals surface area contributed by atoms with Gasteiger partial charge in [0.2, 0.25) is 0 Å². The normalized spacial score (nSPS) is 39.7. The van der Waals surface area contributed by atoms with Crippen LogP contribution in [0, 0.1) is 29.1 Å². The zero-order valence-corrected chi connectivity index (χ0v) is 15.4. The van der Waals surface area contributed by atoms with Crippen molar-refractivity contribution in [3.8, 4) is 0 Å². The molecule has 132 valence electrons. The summed E-state index contributed by atoms with van der Waals surface area (Å²) in [5.41, 5.74) is 0.0720. The van der Waals surface area contributed by atoms with Crippen LogP contribution < -0.4 is 0 Å². The third kappa shape index (κ3) is 3.89. The molecule has 0 amide bonds. The lowest BCUT2D eigenvalue weighted by molar-refractivity contribution is -0.165. The fraction of sp³-hybridized carbons (Fsp3) is 0.895. The Hall–Kier alpha value is -1.06. The molecule has 0 bridgehead atoms. The van der Waals surface area contributed by atoms with Crippen molar-refractivity contribution in [3.05, 3.63) is 0 Å². The summed E-state index contributed by atoms with van der Waals surface area (Å²) in [6, 6.07) is 0. The zero-order valence-electron chi connectivity index (χ0n) is 15.4. The molecule has 0 heterocycles. The van der Waals surface area contributed by atoms with E-state index in [0.29, 0.717) is 23.7 Å². The van der Waals surface area contributed by atoms with Gasteiger partial charge in [-0.3, -0.25) is 9.59 Å². The number of ether oxygens (including phenoxy) is 2. The average Bonchev–Trinajstić information content (AvgIpc) is 2.51. The van der Waals surface area contributed by atoms with Crippen molar-refractivity contribution in [2.24, 2.45) is 29.1 Å². The SMILES string of the molecule is CC(=O)O[C@H]1[C@H]2[C@@H](CC[C@@H]1C)[C@@H](C)[C@H](OC(C)=O)CCC2(C)C. The quantitative estimate of drug-likeness (QED) is 0.721. The molecular weight excluding hydrogens is 292 g/mol. The molecule has 4 nitrogen and oxygen atoms in total. The van der Waals surface area contributed by atoms with Crippen molar-refractivity contribution in [1.82, 2.24) is 0 Å². The van der Waals surface area contributed by atoms with E-state index in [0.717, 1.165) is 25.7 Å². The molecule has 0 aromatic heterocycles. The summed E-state index contributed by atoms with van der Waals surface area (Å²) in [5, 5.41) is 0. The summed E-state index contributed by atoms with van der Waals surface area (Å²) in [6.45, 7) is 12.0. The second-order valence-corrected chi connectivity index (χ2v) is 8.35. The highest BCUT2D eigenvalue weighted by Gasteiger charge is 2.52. The second kappa shape index (κ2) is 6.82. The number of carbonyl (C=O) groups excluding carboxylic acids is 2. The molecule has 2 saturated carbocycles. The maximum Gasteiger partial charge on any atom is 0.302 e. The third-order valence-corrected chi connectivity index (χ3v) is 6.19. The van der Waals surface area contributed by atoms with Gasteiger partial charge in [0, 0.05) is 19.8 Å². The Morgan fingerprint density at radius 2 is 1.57 bits per heavy atom. The molecule has 2 rings (SSSR count). The average molecular weight is 324 g/mol. The first kappa shape index (κ1) is 18.3. The van der Waals surface area contributed by atoms with E-state index in [4.69, 9.17) is 9.47 Å². The maximum absolute atomic E-state index is 11.6. The van der Waals surface area contributed by atoms with Crippen LogP contribution >= 0.6 is 0 Å². The molecule has 0 aromatic rings. The highest BCUT2D eigenvalue weighted by molar-refractivity contribution is 5.66. The van der Waals surface area contributed by atoms with E-state index in [-0.39, 0.29) is 29.6 Å². The summed E-state index contributed by atoms with van der Waals surface area (Å²) < 4.78 is 11.4. The lowest BCUT2D eigenvalue weighted by Crippen LogP contribution is -2.49. The molecule has 0 saturated heterocycles. The molecule has 2 aliphatic carbocycles. The molecule has 0 aromatic carbocycles. The first-order valence-corrected chi connectivity index (χ1v) is 8.98. The molecule has 0 N–H and O–H groups in total. The van der Waals surface area contributed by atoms with Gasteiger partial charge in [-0.05, 0) is 48.9 Å². The van der Waals surface area contributed by atoms with E-state index >= 15 is 0 Å². The molecule has 0 unspecified atom stereocenters. The Balaban J connectivity index is 2.33.